The molecule has 28 heavy (non-hydrogen) atoms. The third-order valence-electron chi connectivity index (χ3n) is 4.46. The van der Waals surface area contributed by atoms with Gasteiger partial charge in [-0.25, -0.2) is 27.8 Å². The third-order valence-corrected chi connectivity index (χ3v) is 6.19. The SMILES string of the molecule is O=S(=O)(NCCn1ncc2c(N3CCOCC3)ncnc21)c1ccc(Cl)cc1. The molecule has 0 atom stereocenters. The maximum absolute atomic E-state index is 12.4. The summed E-state index contributed by atoms with van der Waals surface area (Å²) in [6, 6.07) is 6.02. The number of hydrogen-bond donors (Lipinski definition) is 1. The fourth-order valence-corrected chi connectivity index (χ4v) is 4.20. The monoisotopic (exact) mass is 422 g/mol. The Labute approximate surface area is 167 Å². The van der Waals surface area contributed by atoms with E-state index in [1.54, 1.807) is 23.0 Å². The average Bonchev–Trinajstić information content (AvgIpc) is 3.12. The van der Waals surface area contributed by atoms with Gasteiger partial charge in [-0.05, 0) is 24.3 Å². The van der Waals surface area contributed by atoms with Gasteiger partial charge in [-0.1, -0.05) is 11.6 Å². The number of aromatic nitrogens is 4. The molecule has 0 unspecified atom stereocenters. The summed E-state index contributed by atoms with van der Waals surface area (Å²) >= 11 is 5.81. The normalized spacial score (nSPS) is 15.2. The van der Waals surface area contributed by atoms with E-state index in [4.69, 9.17) is 16.3 Å². The Morgan fingerprint density at radius 3 is 2.64 bits per heavy atom. The summed E-state index contributed by atoms with van der Waals surface area (Å²) in [4.78, 5) is 11.0. The Bertz CT molecular complexity index is 1060. The van der Waals surface area contributed by atoms with E-state index >= 15 is 0 Å². The van der Waals surface area contributed by atoms with Crippen molar-refractivity contribution in [2.24, 2.45) is 0 Å². The summed E-state index contributed by atoms with van der Waals surface area (Å²) in [5.41, 5.74) is 0.669. The van der Waals surface area contributed by atoms with Crippen molar-refractivity contribution >= 4 is 38.5 Å². The second-order valence-corrected chi connectivity index (χ2v) is 8.46. The van der Waals surface area contributed by atoms with Gasteiger partial charge in [-0.2, -0.15) is 5.10 Å². The summed E-state index contributed by atoms with van der Waals surface area (Å²) < 4.78 is 34.4. The molecule has 4 rings (SSSR count). The number of benzene rings is 1. The number of nitrogens with zero attached hydrogens (tertiary/aromatic N) is 5. The van der Waals surface area contributed by atoms with Crippen LogP contribution in [0.25, 0.3) is 11.0 Å². The van der Waals surface area contributed by atoms with Gasteiger partial charge in [0.1, 0.15) is 12.1 Å². The van der Waals surface area contributed by atoms with Crippen LogP contribution in [-0.2, 0) is 21.3 Å². The Morgan fingerprint density at radius 2 is 1.89 bits per heavy atom. The van der Waals surface area contributed by atoms with Gasteiger partial charge < -0.3 is 9.64 Å². The maximum atomic E-state index is 12.4. The molecule has 0 amide bonds. The fraction of sp³-hybridized carbons (Fsp3) is 0.353. The predicted octanol–water partition coefficient (Wildman–Crippen LogP) is 1.29. The van der Waals surface area contributed by atoms with Crippen LogP contribution in [-0.4, -0.2) is 61.0 Å². The number of hydrogen-bond acceptors (Lipinski definition) is 7. The van der Waals surface area contributed by atoms with Crippen molar-refractivity contribution in [2.75, 3.05) is 37.7 Å². The lowest BCUT2D eigenvalue weighted by Gasteiger charge is -2.27. The van der Waals surface area contributed by atoms with Crippen molar-refractivity contribution in [3.8, 4) is 0 Å². The Morgan fingerprint density at radius 1 is 1.14 bits per heavy atom. The molecule has 0 spiro atoms. The first kappa shape index (κ1) is 19.1. The van der Waals surface area contributed by atoms with Gasteiger partial charge in [0, 0.05) is 24.7 Å². The molecule has 3 heterocycles. The fourth-order valence-electron chi connectivity index (χ4n) is 3.05. The number of morpholine rings is 1. The van der Waals surface area contributed by atoms with E-state index in [9.17, 15) is 8.42 Å². The van der Waals surface area contributed by atoms with Crippen LogP contribution in [0.2, 0.25) is 5.02 Å². The van der Waals surface area contributed by atoms with Crippen LogP contribution >= 0.6 is 11.6 Å². The molecule has 0 radical (unpaired) electrons. The van der Waals surface area contributed by atoms with Gasteiger partial charge in [0.25, 0.3) is 0 Å². The number of halogens is 1. The van der Waals surface area contributed by atoms with E-state index < -0.39 is 10.0 Å². The van der Waals surface area contributed by atoms with E-state index in [0.29, 0.717) is 30.4 Å². The van der Waals surface area contributed by atoms with Gasteiger partial charge >= 0.3 is 0 Å². The molecule has 1 N–H and O–H groups in total. The van der Waals surface area contributed by atoms with Crippen LogP contribution in [0.15, 0.2) is 41.7 Å². The topological polar surface area (TPSA) is 102 Å². The van der Waals surface area contributed by atoms with E-state index in [2.05, 4.69) is 24.7 Å². The van der Waals surface area contributed by atoms with Crippen molar-refractivity contribution in [1.82, 2.24) is 24.5 Å². The first-order chi connectivity index (χ1) is 13.5. The number of rotatable bonds is 6. The van der Waals surface area contributed by atoms with Gasteiger partial charge in [0.15, 0.2) is 5.65 Å². The average molecular weight is 423 g/mol. The lowest BCUT2D eigenvalue weighted by atomic mass is 10.3. The zero-order valence-corrected chi connectivity index (χ0v) is 16.5. The quantitative estimate of drug-likeness (QED) is 0.638. The highest BCUT2D eigenvalue weighted by Crippen LogP contribution is 2.23. The summed E-state index contributed by atoms with van der Waals surface area (Å²) in [5, 5.41) is 5.68. The molecule has 0 aliphatic carbocycles. The molecule has 1 aliphatic rings. The molecular weight excluding hydrogens is 404 g/mol. The standard InChI is InChI=1S/C17H19ClN6O3S/c18-13-1-3-14(4-2-13)28(25,26)22-5-6-24-17-15(11-21-24)16(19-12-20-17)23-7-9-27-10-8-23/h1-4,11-12,22H,5-10H2. The van der Waals surface area contributed by atoms with Crippen LogP contribution < -0.4 is 9.62 Å². The van der Waals surface area contributed by atoms with Gasteiger partial charge in [-0.15, -0.1) is 0 Å². The van der Waals surface area contributed by atoms with Crippen molar-refractivity contribution < 1.29 is 13.2 Å². The maximum Gasteiger partial charge on any atom is 0.240 e. The summed E-state index contributed by atoms with van der Waals surface area (Å²) in [6.45, 7) is 3.36. The zero-order chi connectivity index (χ0) is 19.6. The molecular formula is C17H19ClN6O3S. The zero-order valence-electron chi connectivity index (χ0n) is 15.0. The number of fused-ring (bicyclic) bond motifs is 1. The van der Waals surface area contributed by atoms with Crippen molar-refractivity contribution in [3.63, 3.8) is 0 Å². The van der Waals surface area contributed by atoms with Crippen molar-refractivity contribution in [2.45, 2.75) is 11.4 Å². The van der Waals surface area contributed by atoms with E-state index in [0.717, 1.165) is 24.3 Å². The van der Waals surface area contributed by atoms with Crippen LogP contribution in [0.5, 0.6) is 0 Å². The van der Waals surface area contributed by atoms with E-state index in [1.807, 2.05) is 0 Å². The third kappa shape index (κ3) is 3.95. The predicted molar refractivity (Wildman–Crippen MR) is 105 cm³/mol. The smallest absolute Gasteiger partial charge is 0.240 e. The van der Waals surface area contributed by atoms with Crippen LogP contribution in [0, 0.1) is 0 Å². The minimum atomic E-state index is -3.61. The molecule has 9 nitrogen and oxygen atoms in total. The second kappa shape index (κ2) is 8.00. The molecule has 1 aromatic carbocycles. The van der Waals surface area contributed by atoms with Crippen LogP contribution in [0.3, 0.4) is 0 Å². The summed E-state index contributed by atoms with van der Waals surface area (Å²) in [7, 11) is -3.61. The van der Waals surface area contributed by atoms with Crippen LogP contribution in [0.1, 0.15) is 0 Å². The van der Waals surface area contributed by atoms with Gasteiger partial charge in [0.05, 0.1) is 36.2 Å². The molecule has 2 aromatic heterocycles. The lowest BCUT2D eigenvalue weighted by molar-refractivity contribution is 0.122. The van der Waals surface area contributed by atoms with E-state index in [-0.39, 0.29) is 11.4 Å². The van der Waals surface area contributed by atoms with Gasteiger partial charge in [0.2, 0.25) is 10.0 Å². The highest BCUT2D eigenvalue weighted by Gasteiger charge is 2.18. The molecule has 0 bridgehead atoms. The molecule has 0 saturated carbocycles. The second-order valence-electron chi connectivity index (χ2n) is 6.25. The Hall–Kier alpha value is -2.27. The number of anilines is 1. The molecule has 1 saturated heterocycles. The summed E-state index contributed by atoms with van der Waals surface area (Å²) in [5.74, 6) is 0.821. The van der Waals surface area contributed by atoms with Crippen molar-refractivity contribution in [3.05, 3.63) is 41.8 Å². The summed E-state index contributed by atoms with van der Waals surface area (Å²) in [6.07, 6.45) is 3.22. The molecule has 1 aliphatic heterocycles. The van der Waals surface area contributed by atoms with Crippen LogP contribution in [0.4, 0.5) is 5.82 Å². The minimum absolute atomic E-state index is 0.166. The highest BCUT2D eigenvalue weighted by atomic mass is 35.5. The number of sulfonamides is 1. The lowest BCUT2D eigenvalue weighted by Crippen LogP contribution is -2.36. The molecule has 148 valence electrons. The Balaban J connectivity index is 1.47. The first-order valence-corrected chi connectivity index (χ1v) is 10.7. The first-order valence-electron chi connectivity index (χ1n) is 8.79. The van der Waals surface area contributed by atoms with Gasteiger partial charge in [-0.3, -0.25) is 0 Å². The minimum Gasteiger partial charge on any atom is -0.378 e. The van der Waals surface area contributed by atoms with E-state index in [1.165, 1.54) is 18.5 Å². The Kier molecular flexibility index (Phi) is 5.44. The molecule has 1 fully saturated rings. The molecule has 11 heteroatoms. The van der Waals surface area contributed by atoms with Crippen molar-refractivity contribution in [1.29, 1.82) is 0 Å². The largest absolute Gasteiger partial charge is 0.378 e. The highest BCUT2D eigenvalue weighted by molar-refractivity contribution is 7.89. The number of nitrogens with one attached hydrogen (secondary N) is 1. The number of ether oxygens (including phenoxy) is 1. The molecule has 3 aromatic rings.